The molecule has 0 aromatic carbocycles. The van der Waals surface area contributed by atoms with Gasteiger partial charge in [-0.05, 0) is 38.5 Å². The molecule has 5 heteroatoms. The highest BCUT2D eigenvalue weighted by molar-refractivity contribution is 5.91. The number of rotatable bonds is 37. The van der Waals surface area contributed by atoms with Crippen molar-refractivity contribution in [2.24, 2.45) is 0 Å². The summed E-state index contributed by atoms with van der Waals surface area (Å²) < 4.78 is 0.390. The van der Waals surface area contributed by atoms with Crippen LogP contribution in [0.4, 0.5) is 0 Å². The third-order valence-electron chi connectivity index (χ3n) is 10.4. The first-order valence-electron chi connectivity index (χ1n) is 21.0. The standard InChI is InChI=1S/C43H83NO4/c1-6-8-10-12-14-16-18-20-22-24-25-27-29-31-33-35-37-40(44(3,4)5)43(48,39-42(46)47)41(45)38-36-34-32-30-28-26-23-21-19-17-15-13-11-9-7-2/h21,23,40,48H,6-20,22,24-39H2,1-5H3/p+1/b23-21-. The molecule has 0 aromatic rings. The van der Waals surface area contributed by atoms with E-state index >= 15 is 0 Å². The SMILES string of the molecule is CCCCCCCC/C=C\CCCCCCCC(=O)C(O)(CC(=O)O)C(CCCCCCCCCCCCCCCCCC)[N+](C)(C)C. The molecule has 2 unspecified atom stereocenters. The lowest BCUT2D eigenvalue weighted by Gasteiger charge is -2.43. The Morgan fingerprint density at radius 3 is 1.23 bits per heavy atom. The Labute approximate surface area is 299 Å². The van der Waals surface area contributed by atoms with Crippen LogP contribution in [0, 0.1) is 0 Å². The van der Waals surface area contributed by atoms with Crippen LogP contribution >= 0.6 is 0 Å². The number of quaternary nitrogens is 1. The minimum absolute atomic E-state index is 0.261. The fraction of sp³-hybridized carbons (Fsp3) is 0.907. The van der Waals surface area contributed by atoms with Crippen molar-refractivity contribution in [2.45, 2.75) is 231 Å². The lowest BCUT2D eigenvalue weighted by atomic mass is 9.80. The maximum Gasteiger partial charge on any atom is 0.307 e. The van der Waals surface area contributed by atoms with Crippen LogP contribution in [-0.2, 0) is 9.59 Å². The smallest absolute Gasteiger partial charge is 0.307 e. The van der Waals surface area contributed by atoms with Crippen LogP contribution in [0.5, 0.6) is 0 Å². The van der Waals surface area contributed by atoms with Gasteiger partial charge in [-0.15, -0.1) is 0 Å². The molecule has 0 rings (SSSR count). The van der Waals surface area contributed by atoms with Crippen molar-refractivity contribution in [3.63, 3.8) is 0 Å². The van der Waals surface area contributed by atoms with E-state index in [1.54, 1.807) is 0 Å². The van der Waals surface area contributed by atoms with Crippen molar-refractivity contribution in [1.82, 2.24) is 0 Å². The van der Waals surface area contributed by atoms with Gasteiger partial charge in [0.05, 0.1) is 27.6 Å². The maximum atomic E-state index is 13.5. The zero-order valence-corrected chi connectivity index (χ0v) is 33.0. The summed E-state index contributed by atoms with van der Waals surface area (Å²) in [5.74, 6) is -1.38. The van der Waals surface area contributed by atoms with Gasteiger partial charge in [0.1, 0.15) is 6.04 Å². The first-order chi connectivity index (χ1) is 23.1. The number of carbonyl (C=O) groups is 2. The molecule has 5 nitrogen and oxygen atoms in total. The monoisotopic (exact) mass is 679 g/mol. The van der Waals surface area contributed by atoms with Crippen molar-refractivity contribution in [3.05, 3.63) is 12.2 Å². The molecular weight excluding hydrogens is 594 g/mol. The van der Waals surface area contributed by atoms with Crippen molar-refractivity contribution < 1.29 is 24.3 Å². The summed E-state index contributed by atoms with van der Waals surface area (Å²) in [5, 5.41) is 21.4. The first kappa shape index (κ1) is 46.8. The van der Waals surface area contributed by atoms with Crippen LogP contribution in [0.2, 0.25) is 0 Å². The number of allylic oxidation sites excluding steroid dienone is 2. The molecule has 0 aliphatic heterocycles. The normalized spacial score (nSPS) is 14.0. The number of likely N-dealkylation sites (N-methyl/N-ethyl adjacent to an activating group) is 1. The number of hydrogen-bond acceptors (Lipinski definition) is 3. The molecule has 48 heavy (non-hydrogen) atoms. The zero-order chi connectivity index (χ0) is 35.8. The van der Waals surface area contributed by atoms with Gasteiger partial charge in [-0.1, -0.05) is 174 Å². The Morgan fingerprint density at radius 2 is 0.875 bits per heavy atom. The number of carboxylic acid groups (broad SMARTS) is 1. The summed E-state index contributed by atoms with van der Waals surface area (Å²) in [6.45, 7) is 4.53. The van der Waals surface area contributed by atoms with Crippen LogP contribution in [-0.4, -0.2) is 59.2 Å². The topological polar surface area (TPSA) is 74.6 Å². The number of carboxylic acids is 1. The highest BCUT2D eigenvalue weighted by Crippen LogP contribution is 2.31. The number of aliphatic hydroxyl groups is 1. The van der Waals surface area contributed by atoms with Gasteiger partial charge in [-0.3, -0.25) is 9.59 Å². The minimum Gasteiger partial charge on any atom is -0.481 e. The van der Waals surface area contributed by atoms with E-state index in [0.29, 0.717) is 10.9 Å². The summed E-state index contributed by atoms with van der Waals surface area (Å²) in [7, 11) is 5.96. The molecule has 0 amide bonds. The third-order valence-corrected chi connectivity index (χ3v) is 10.4. The van der Waals surface area contributed by atoms with Gasteiger partial charge in [0.15, 0.2) is 11.4 Å². The second-order valence-corrected chi connectivity index (χ2v) is 16.0. The van der Waals surface area contributed by atoms with E-state index in [0.717, 1.165) is 44.9 Å². The number of aliphatic carboxylic acids is 1. The van der Waals surface area contributed by atoms with Crippen molar-refractivity contribution >= 4 is 11.8 Å². The van der Waals surface area contributed by atoms with Gasteiger partial charge in [-0.2, -0.15) is 0 Å². The Kier molecular flexibility index (Phi) is 31.0. The predicted octanol–water partition coefficient (Wildman–Crippen LogP) is 12.5. The Balaban J connectivity index is 4.32. The summed E-state index contributed by atoms with van der Waals surface area (Å²) in [6.07, 6.45) is 41.4. The number of unbranched alkanes of at least 4 members (excludes halogenated alkanes) is 26. The third kappa shape index (κ3) is 26.6. The van der Waals surface area contributed by atoms with Crippen LogP contribution in [0.15, 0.2) is 12.2 Å². The molecule has 0 bridgehead atoms. The molecule has 2 atom stereocenters. The molecule has 0 spiro atoms. The molecule has 0 saturated heterocycles. The second kappa shape index (κ2) is 31.8. The number of ketones is 1. The molecule has 0 aliphatic rings. The number of nitrogens with zero attached hydrogens (tertiary/aromatic N) is 1. The largest absolute Gasteiger partial charge is 0.481 e. The van der Waals surface area contributed by atoms with E-state index in [-0.39, 0.29) is 12.2 Å². The quantitative estimate of drug-likeness (QED) is 0.0389. The van der Waals surface area contributed by atoms with Crippen LogP contribution < -0.4 is 0 Å². The average Bonchev–Trinajstić information content (AvgIpc) is 3.03. The van der Waals surface area contributed by atoms with Gasteiger partial charge in [0, 0.05) is 12.8 Å². The Morgan fingerprint density at radius 1 is 0.542 bits per heavy atom. The second-order valence-electron chi connectivity index (χ2n) is 16.0. The maximum absolute atomic E-state index is 13.5. The highest BCUT2D eigenvalue weighted by atomic mass is 16.4. The molecule has 0 radical (unpaired) electrons. The summed E-state index contributed by atoms with van der Waals surface area (Å²) in [6, 6.07) is -0.420. The van der Waals surface area contributed by atoms with Gasteiger partial charge in [-0.25, -0.2) is 0 Å². The van der Waals surface area contributed by atoms with Gasteiger partial charge in [0.2, 0.25) is 0 Å². The van der Waals surface area contributed by atoms with Crippen LogP contribution in [0.3, 0.4) is 0 Å². The van der Waals surface area contributed by atoms with E-state index in [2.05, 4.69) is 26.0 Å². The fourth-order valence-corrected chi connectivity index (χ4v) is 7.36. The molecule has 2 N–H and O–H groups in total. The first-order valence-corrected chi connectivity index (χ1v) is 21.0. The van der Waals surface area contributed by atoms with E-state index < -0.39 is 24.0 Å². The van der Waals surface area contributed by atoms with Crippen molar-refractivity contribution in [3.8, 4) is 0 Å². The lowest BCUT2D eigenvalue weighted by Crippen LogP contribution is -2.63. The van der Waals surface area contributed by atoms with Crippen LogP contribution in [0.1, 0.15) is 219 Å². The molecule has 0 saturated carbocycles. The minimum atomic E-state index is -1.82. The van der Waals surface area contributed by atoms with Crippen molar-refractivity contribution in [1.29, 1.82) is 0 Å². The molecule has 0 fully saturated rings. The number of carbonyl (C=O) groups excluding carboxylic acids is 1. The summed E-state index contributed by atoms with van der Waals surface area (Å²) in [4.78, 5) is 25.3. The van der Waals surface area contributed by atoms with Gasteiger partial charge >= 0.3 is 5.97 Å². The zero-order valence-electron chi connectivity index (χ0n) is 33.0. The molecular formula is C43H84NO4+. The Hall–Kier alpha value is -1.20. The van der Waals surface area contributed by atoms with Crippen molar-refractivity contribution in [2.75, 3.05) is 21.1 Å². The number of Topliss-reactive ketones (excluding diaryl/α,β-unsaturated/α-hetero) is 1. The number of hydrogen-bond donors (Lipinski definition) is 2. The lowest BCUT2D eigenvalue weighted by molar-refractivity contribution is -0.902. The van der Waals surface area contributed by atoms with E-state index in [4.69, 9.17) is 0 Å². The highest BCUT2D eigenvalue weighted by Gasteiger charge is 2.51. The average molecular weight is 679 g/mol. The van der Waals surface area contributed by atoms with E-state index in [9.17, 15) is 19.8 Å². The Bertz CT molecular complexity index is 773. The summed E-state index contributed by atoms with van der Waals surface area (Å²) in [5.41, 5.74) is -1.82. The van der Waals surface area contributed by atoms with Crippen LogP contribution in [0.25, 0.3) is 0 Å². The van der Waals surface area contributed by atoms with Gasteiger partial charge < -0.3 is 14.7 Å². The van der Waals surface area contributed by atoms with E-state index in [1.807, 2.05) is 21.1 Å². The molecule has 0 aromatic heterocycles. The van der Waals surface area contributed by atoms with Gasteiger partial charge in [0.25, 0.3) is 0 Å². The predicted molar refractivity (Wildman–Crippen MR) is 208 cm³/mol. The summed E-state index contributed by atoms with van der Waals surface area (Å²) >= 11 is 0. The fourth-order valence-electron chi connectivity index (χ4n) is 7.36. The molecule has 284 valence electrons. The molecule has 0 heterocycles. The molecule has 0 aliphatic carbocycles. The van der Waals surface area contributed by atoms with E-state index in [1.165, 1.54) is 141 Å².